The van der Waals surface area contributed by atoms with Crippen LogP contribution < -0.4 is 9.47 Å². The number of rotatable bonds is 5. The van der Waals surface area contributed by atoms with Gasteiger partial charge in [-0.15, -0.1) is 0 Å². The van der Waals surface area contributed by atoms with Crippen LogP contribution >= 0.6 is 0 Å². The molecule has 0 saturated carbocycles. The van der Waals surface area contributed by atoms with Gasteiger partial charge in [0.2, 0.25) is 0 Å². The molecular formula is C17H16O4. The van der Waals surface area contributed by atoms with Crippen molar-refractivity contribution in [2.75, 3.05) is 14.2 Å². The molecule has 4 nitrogen and oxygen atoms in total. The van der Waals surface area contributed by atoms with Gasteiger partial charge in [-0.1, -0.05) is 36.4 Å². The van der Waals surface area contributed by atoms with Crippen LogP contribution in [0.15, 0.2) is 48.5 Å². The molecule has 1 aliphatic heterocycles. The van der Waals surface area contributed by atoms with Crippen molar-refractivity contribution in [1.29, 1.82) is 0 Å². The van der Waals surface area contributed by atoms with E-state index in [2.05, 4.69) is 0 Å². The van der Waals surface area contributed by atoms with Crippen LogP contribution in [0.4, 0.5) is 0 Å². The third-order valence-corrected chi connectivity index (χ3v) is 3.54. The highest BCUT2D eigenvalue weighted by Gasteiger charge is 2.46. The molecule has 2 aromatic carbocycles. The summed E-state index contributed by atoms with van der Waals surface area (Å²) in [5.74, 6) is 1.31. The smallest absolute Gasteiger partial charge is 0.194 e. The molecule has 1 heterocycles. The maximum Gasteiger partial charge on any atom is 0.194 e. The topological polar surface area (TPSA) is 48.1 Å². The Kier molecular flexibility index (Phi) is 3.62. The van der Waals surface area contributed by atoms with Crippen molar-refractivity contribution in [2.24, 2.45) is 0 Å². The summed E-state index contributed by atoms with van der Waals surface area (Å²) >= 11 is 0. The summed E-state index contributed by atoms with van der Waals surface area (Å²) in [4.78, 5) is 12.3. The van der Waals surface area contributed by atoms with Gasteiger partial charge in [-0.05, 0) is 17.7 Å². The van der Waals surface area contributed by atoms with E-state index in [1.165, 1.54) is 0 Å². The summed E-state index contributed by atoms with van der Waals surface area (Å²) in [5, 5.41) is 0. The van der Waals surface area contributed by atoms with Crippen LogP contribution in [0.1, 0.15) is 22.0 Å². The Morgan fingerprint density at radius 2 is 1.71 bits per heavy atom. The van der Waals surface area contributed by atoms with E-state index < -0.39 is 6.10 Å². The zero-order chi connectivity index (χ0) is 14.8. The van der Waals surface area contributed by atoms with Crippen molar-refractivity contribution in [2.45, 2.75) is 12.2 Å². The fraction of sp³-hybridized carbons (Fsp3) is 0.235. The molecule has 2 aromatic rings. The number of benzene rings is 2. The third kappa shape index (κ3) is 2.62. The molecule has 0 N–H and O–H groups in total. The van der Waals surface area contributed by atoms with E-state index in [4.69, 9.17) is 14.2 Å². The second kappa shape index (κ2) is 5.58. The van der Waals surface area contributed by atoms with Crippen molar-refractivity contribution >= 4 is 5.78 Å². The van der Waals surface area contributed by atoms with Gasteiger partial charge in [0.25, 0.3) is 0 Å². The Morgan fingerprint density at radius 3 is 2.38 bits per heavy atom. The highest BCUT2D eigenvalue weighted by molar-refractivity contribution is 6.01. The Hall–Kier alpha value is -2.33. The first kappa shape index (κ1) is 13.6. The SMILES string of the molecule is COc1ccc([C@H]2O[C@@H]2C(=O)c2ccccc2)cc1OC. The lowest BCUT2D eigenvalue weighted by atomic mass is 10.0. The van der Waals surface area contributed by atoms with Crippen LogP contribution in [0.5, 0.6) is 11.5 Å². The van der Waals surface area contributed by atoms with E-state index in [1.54, 1.807) is 26.4 Å². The largest absolute Gasteiger partial charge is 0.493 e. The van der Waals surface area contributed by atoms with Crippen LogP contribution in [-0.2, 0) is 4.74 Å². The monoisotopic (exact) mass is 284 g/mol. The number of carbonyl (C=O) groups excluding carboxylic acids is 1. The van der Waals surface area contributed by atoms with Gasteiger partial charge < -0.3 is 14.2 Å². The molecule has 1 aliphatic rings. The lowest BCUT2D eigenvalue weighted by molar-refractivity contribution is 0.0953. The standard InChI is InChI=1S/C17H16O4/c1-19-13-9-8-12(10-14(13)20-2)16-17(21-16)15(18)11-6-4-3-5-7-11/h3-10,16-17H,1-2H3/t16-,17-/m1/s1. The average Bonchev–Trinajstić information content (AvgIpc) is 3.35. The minimum absolute atomic E-state index is 0.00962. The summed E-state index contributed by atoms with van der Waals surface area (Å²) in [6.45, 7) is 0. The molecule has 1 saturated heterocycles. The van der Waals surface area contributed by atoms with Crippen LogP contribution in [0.3, 0.4) is 0 Å². The Bertz CT molecular complexity index is 651. The first-order chi connectivity index (χ1) is 10.2. The predicted molar refractivity (Wildman–Crippen MR) is 77.9 cm³/mol. The van der Waals surface area contributed by atoms with E-state index in [-0.39, 0.29) is 11.9 Å². The predicted octanol–water partition coefficient (Wildman–Crippen LogP) is 3.03. The van der Waals surface area contributed by atoms with Crippen molar-refractivity contribution in [3.8, 4) is 11.5 Å². The molecule has 0 amide bonds. The average molecular weight is 284 g/mol. The molecule has 108 valence electrons. The normalized spacial score (nSPS) is 19.9. The zero-order valence-electron chi connectivity index (χ0n) is 11.9. The number of hydrogen-bond acceptors (Lipinski definition) is 4. The lowest BCUT2D eigenvalue weighted by Gasteiger charge is -2.08. The number of epoxide rings is 1. The van der Waals surface area contributed by atoms with E-state index in [1.807, 2.05) is 36.4 Å². The molecule has 0 bridgehead atoms. The number of ether oxygens (including phenoxy) is 3. The Balaban J connectivity index is 1.77. The van der Waals surface area contributed by atoms with Gasteiger partial charge in [0, 0.05) is 5.56 Å². The molecule has 0 aromatic heterocycles. The summed E-state index contributed by atoms with van der Waals surface area (Å²) in [7, 11) is 3.18. The fourth-order valence-corrected chi connectivity index (χ4v) is 2.36. The minimum Gasteiger partial charge on any atom is -0.493 e. The molecule has 21 heavy (non-hydrogen) atoms. The van der Waals surface area contributed by atoms with E-state index in [9.17, 15) is 4.79 Å². The fourth-order valence-electron chi connectivity index (χ4n) is 2.36. The van der Waals surface area contributed by atoms with E-state index >= 15 is 0 Å². The van der Waals surface area contributed by atoms with E-state index in [0.29, 0.717) is 17.1 Å². The first-order valence-corrected chi connectivity index (χ1v) is 6.71. The van der Waals surface area contributed by atoms with Gasteiger partial charge >= 0.3 is 0 Å². The first-order valence-electron chi connectivity index (χ1n) is 6.71. The number of methoxy groups -OCH3 is 2. The number of carbonyl (C=O) groups is 1. The van der Waals surface area contributed by atoms with Crippen LogP contribution in [0.2, 0.25) is 0 Å². The maximum absolute atomic E-state index is 12.3. The van der Waals surface area contributed by atoms with Crippen molar-refractivity contribution in [3.05, 3.63) is 59.7 Å². The molecular weight excluding hydrogens is 268 g/mol. The zero-order valence-corrected chi connectivity index (χ0v) is 11.9. The molecule has 4 heteroatoms. The summed E-state index contributed by atoms with van der Waals surface area (Å²) in [6.07, 6.45) is -0.622. The Labute approximate surface area is 123 Å². The van der Waals surface area contributed by atoms with Crippen LogP contribution in [0.25, 0.3) is 0 Å². The molecule has 0 radical (unpaired) electrons. The summed E-state index contributed by atoms with van der Waals surface area (Å²) in [6, 6.07) is 14.7. The summed E-state index contributed by atoms with van der Waals surface area (Å²) < 4.78 is 16.0. The molecule has 2 atom stereocenters. The number of Topliss-reactive ketones (excluding diaryl/α,β-unsaturated/α-hetero) is 1. The van der Waals surface area contributed by atoms with Gasteiger partial charge in [0.15, 0.2) is 23.4 Å². The van der Waals surface area contributed by atoms with Crippen molar-refractivity contribution in [1.82, 2.24) is 0 Å². The van der Waals surface area contributed by atoms with Gasteiger partial charge in [-0.3, -0.25) is 4.79 Å². The molecule has 0 unspecified atom stereocenters. The molecule has 0 aliphatic carbocycles. The van der Waals surface area contributed by atoms with Gasteiger partial charge in [0.1, 0.15) is 6.10 Å². The van der Waals surface area contributed by atoms with Crippen molar-refractivity contribution < 1.29 is 19.0 Å². The minimum atomic E-state index is -0.412. The molecule has 0 spiro atoms. The number of hydrogen-bond donors (Lipinski definition) is 0. The highest BCUT2D eigenvalue weighted by atomic mass is 16.6. The van der Waals surface area contributed by atoms with Crippen molar-refractivity contribution in [3.63, 3.8) is 0 Å². The van der Waals surface area contributed by atoms with E-state index in [0.717, 1.165) is 5.56 Å². The van der Waals surface area contributed by atoms with Gasteiger partial charge in [-0.25, -0.2) is 0 Å². The third-order valence-electron chi connectivity index (χ3n) is 3.54. The number of ketones is 1. The summed E-state index contributed by atoms with van der Waals surface area (Å²) in [5.41, 5.74) is 1.59. The lowest BCUT2D eigenvalue weighted by Crippen LogP contribution is -2.07. The maximum atomic E-state index is 12.3. The highest BCUT2D eigenvalue weighted by Crippen LogP contribution is 2.43. The molecule has 3 rings (SSSR count). The van der Waals surface area contributed by atoms with Gasteiger partial charge in [0.05, 0.1) is 14.2 Å². The van der Waals surface area contributed by atoms with Gasteiger partial charge in [-0.2, -0.15) is 0 Å². The van der Waals surface area contributed by atoms with Crippen LogP contribution in [0, 0.1) is 0 Å². The second-order valence-corrected chi connectivity index (χ2v) is 4.82. The quantitative estimate of drug-likeness (QED) is 0.625. The van der Waals surface area contributed by atoms with Crippen LogP contribution in [-0.4, -0.2) is 26.1 Å². The Morgan fingerprint density at radius 1 is 1.00 bits per heavy atom. The molecule has 1 fully saturated rings. The second-order valence-electron chi connectivity index (χ2n) is 4.82.